The molecule has 1 aliphatic heterocycles. The predicted molar refractivity (Wildman–Crippen MR) is 45.5 cm³/mol. The van der Waals surface area contributed by atoms with Gasteiger partial charge in [0.05, 0.1) is 0 Å². The fourth-order valence-corrected chi connectivity index (χ4v) is 1.67. The molecule has 1 N–H and O–H groups in total. The van der Waals surface area contributed by atoms with Crippen molar-refractivity contribution in [3.63, 3.8) is 0 Å². The van der Waals surface area contributed by atoms with Crippen molar-refractivity contribution in [2.75, 3.05) is 0 Å². The van der Waals surface area contributed by atoms with Crippen molar-refractivity contribution in [3.05, 3.63) is 23.5 Å². The highest BCUT2D eigenvalue weighted by atomic mass is 15.1. The number of hydrogen-bond acceptors (Lipinski definition) is 1. The highest BCUT2D eigenvalue weighted by molar-refractivity contribution is 5.18. The molecule has 0 aliphatic carbocycles. The standard InChI is InChI=1S/C9H14N2/c1-7-3-9-4-10-8(2)6-11(9)5-7/h3,5,8,10H,4,6H2,1-2H3/t8-/m1/s1. The predicted octanol–water partition coefficient (Wildman–Crippen LogP) is 1.29. The van der Waals surface area contributed by atoms with Crippen LogP contribution in [0.3, 0.4) is 0 Å². The van der Waals surface area contributed by atoms with Crippen molar-refractivity contribution in [1.82, 2.24) is 9.88 Å². The summed E-state index contributed by atoms with van der Waals surface area (Å²) < 4.78 is 2.34. The monoisotopic (exact) mass is 150 g/mol. The summed E-state index contributed by atoms with van der Waals surface area (Å²) in [7, 11) is 0. The summed E-state index contributed by atoms with van der Waals surface area (Å²) in [6.45, 7) is 6.51. The maximum atomic E-state index is 3.43. The Hall–Kier alpha value is -0.760. The lowest BCUT2D eigenvalue weighted by atomic mass is 10.2. The van der Waals surface area contributed by atoms with Gasteiger partial charge in [-0.25, -0.2) is 0 Å². The molecule has 1 aromatic heterocycles. The van der Waals surface area contributed by atoms with Crippen LogP contribution in [0.1, 0.15) is 18.2 Å². The van der Waals surface area contributed by atoms with Crippen LogP contribution in [-0.2, 0) is 13.1 Å². The number of fused-ring (bicyclic) bond motifs is 1. The van der Waals surface area contributed by atoms with Gasteiger partial charge in [0, 0.05) is 31.0 Å². The van der Waals surface area contributed by atoms with Crippen LogP contribution in [0.25, 0.3) is 0 Å². The first-order chi connectivity index (χ1) is 5.25. The second-order valence-electron chi connectivity index (χ2n) is 3.44. The molecule has 0 aromatic carbocycles. The molecule has 2 rings (SSSR count). The minimum Gasteiger partial charge on any atom is -0.348 e. The lowest BCUT2D eigenvalue weighted by molar-refractivity contribution is 0.417. The van der Waals surface area contributed by atoms with Crippen LogP contribution < -0.4 is 5.32 Å². The Labute approximate surface area is 67.2 Å². The van der Waals surface area contributed by atoms with Gasteiger partial charge in [0.25, 0.3) is 0 Å². The normalized spacial score (nSPS) is 23.3. The van der Waals surface area contributed by atoms with Gasteiger partial charge in [0.2, 0.25) is 0 Å². The smallest absolute Gasteiger partial charge is 0.0374 e. The van der Waals surface area contributed by atoms with E-state index in [2.05, 4.69) is 36.0 Å². The molecule has 0 amide bonds. The summed E-state index contributed by atoms with van der Waals surface area (Å²) in [4.78, 5) is 0. The molecule has 0 bridgehead atoms. The van der Waals surface area contributed by atoms with Gasteiger partial charge in [-0.15, -0.1) is 0 Å². The van der Waals surface area contributed by atoms with Crippen LogP contribution >= 0.6 is 0 Å². The molecule has 2 nitrogen and oxygen atoms in total. The maximum absolute atomic E-state index is 3.43. The zero-order chi connectivity index (χ0) is 7.84. The van der Waals surface area contributed by atoms with Gasteiger partial charge >= 0.3 is 0 Å². The quantitative estimate of drug-likeness (QED) is 0.589. The van der Waals surface area contributed by atoms with E-state index in [-0.39, 0.29) is 0 Å². The van der Waals surface area contributed by atoms with Crippen LogP contribution in [0.15, 0.2) is 12.3 Å². The highest BCUT2D eigenvalue weighted by Crippen LogP contribution is 2.12. The Morgan fingerprint density at radius 3 is 3.27 bits per heavy atom. The molecule has 0 saturated carbocycles. The topological polar surface area (TPSA) is 17.0 Å². The molecule has 2 heteroatoms. The first kappa shape index (κ1) is 6.92. The fourth-order valence-electron chi connectivity index (χ4n) is 1.67. The Balaban J connectivity index is 2.34. The van der Waals surface area contributed by atoms with Crippen molar-refractivity contribution in [2.24, 2.45) is 0 Å². The summed E-state index contributed by atoms with van der Waals surface area (Å²) >= 11 is 0. The lowest BCUT2D eigenvalue weighted by Crippen LogP contribution is -2.35. The largest absolute Gasteiger partial charge is 0.348 e. The SMILES string of the molecule is Cc1cc2n(c1)C[C@@H](C)NC2. The zero-order valence-corrected chi connectivity index (χ0v) is 7.09. The first-order valence-electron chi connectivity index (χ1n) is 4.15. The number of hydrogen-bond donors (Lipinski definition) is 1. The van der Waals surface area contributed by atoms with Crippen molar-refractivity contribution in [1.29, 1.82) is 0 Å². The van der Waals surface area contributed by atoms with E-state index >= 15 is 0 Å². The van der Waals surface area contributed by atoms with Gasteiger partial charge < -0.3 is 9.88 Å². The minimum absolute atomic E-state index is 0.620. The van der Waals surface area contributed by atoms with E-state index < -0.39 is 0 Å². The van der Waals surface area contributed by atoms with E-state index in [1.807, 2.05) is 0 Å². The van der Waals surface area contributed by atoms with E-state index in [0.717, 1.165) is 13.1 Å². The molecular weight excluding hydrogens is 136 g/mol. The second kappa shape index (κ2) is 2.38. The molecule has 11 heavy (non-hydrogen) atoms. The molecular formula is C9H14N2. The lowest BCUT2D eigenvalue weighted by Gasteiger charge is -2.22. The molecule has 0 unspecified atom stereocenters. The van der Waals surface area contributed by atoms with E-state index in [4.69, 9.17) is 0 Å². The van der Waals surface area contributed by atoms with Gasteiger partial charge in [-0.1, -0.05) is 0 Å². The van der Waals surface area contributed by atoms with Crippen molar-refractivity contribution >= 4 is 0 Å². The molecule has 1 aromatic rings. The third-order valence-electron chi connectivity index (χ3n) is 2.22. The molecule has 1 aliphatic rings. The van der Waals surface area contributed by atoms with E-state index in [1.54, 1.807) is 0 Å². The molecule has 2 heterocycles. The molecule has 0 spiro atoms. The summed E-state index contributed by atoms with van der Waals surface area (Å²) in [5.41, 5.74) is 2.79. The van der Waals surface area contributed by atoms with Gasteiger partial charge in [0.15, 0.2) is 0 Å². The minimum atomic E-state index is 0.620. The van der Waals surface area contributed by atoms with Crippen LogP contribution in [0.2, 0.25) is 0 Å². The van der Waals surface area contributed by atoms with Crippen molar-refractivity contribution in [3.8, 4) is 0 Å². The summed E-state index contributed by atoms with van der Waals surface area (Å²) in [5.74, 6) is 0. The average molecular weight is 150 g/mol. The fraction of sp³-hybridized carbons (Fsp3) is 0.556. The van der Waals surface area contributed by atoms with E-state index in [1.165, 1.54) is 11.3 Å². The molecule has 60 valence electrons. The number of nitrogens with one attached hydrogen (secondary N) is 1. The van der Waals surface area contributed by atoms with Gasteiger partial charge in [0.1, 0.15) is 0 Å². The first-order valence-corrected chi connectivity index (χ1v) is 4.15. The van der Waals surface area contributed by atoms with Gasteiger partial charge in [-0.2, -0.15) is 0 Å². The molecule has 0 radical (unpaired) electrons. The molecule has 0 saturated heterocycles. The summed E-state index contributed by atoms with van der Waals surface area (Å²) in [5, 5.41) is 3.43. The van der Waals surface area contributed by atoms with Crippen molar-refractivity contribution in [2.45, 2.75) is 33.0 Å². The number of aromatic nitrogens is 1. The Kier molecular flexibility index (Phi) is 1.50. The van der Waals surface area contributed by atoms with Crippen LogP contribution in [0, 0.1) is 6.92 Å². The van der Waals surface area contributed by atoms with Crippen LogP contribution in [-0.4, -0.2) is 10.6 Å². The molecule has 1 atom stereocenters. The highest BCUT2D eigenvalue weighted by Gasteiger charge is 2.12. The summed E-state index contributed by atoms with van der Waals surface area (Å²) in [6, 6.07) is 2.87. The summed E-state index contributed by atoms with van der Waals surface area (Å²) in [6.07, 6.45) is 2.23. The average Bonchev–Trinajstić information content (AvgIpc) is 2.27. The van der Waals surface area contributed by atoms with Gasteiger partial charge in [-0.3, -0.25) is 0 Å². The second-order valence-corrected chi connectivity index (χ2v) is 3.44. The molecule has 0 fully saturated rings. The maximum Gasteiger partial charge on any atom is 0.0374 e. The Morgan fingerprint density at radius 1 is 1.64 bits per heavy atom. The number of rotatable bonds is 0. The number of nitrogens with zero attached hydrogens (tertiary/aromatic N) is 1. The van der Waals surface area contributed by atoms with E-state index in [0.29, 0.717) is 6.04 Å². The van der Waals surface area contributed by atoms with Gasteiger partial charge in [-0.05, 0) is 25.5 Å². The Bertz CT molecular complexity index is 263. The van der Waals surface area contributed by atoms with E-state index in [9.17, 15) is 0 Å². The third-order valence-corrected chi connectivity index (χ3v) is 2.22. The zero-order valence-electron chi connectivity index (χ0n) is 7.09. The number of aryl methyl sites for hydroxylation is 1. The van der Waals surface area contributed by atoms with Crippen LogP contribution in [0.4, 0.5) is 0 Å². The third kappa shape index (κ3) is 1.18. The van der Waals surface area contributed by atoms with Crippen molar-refractivity contribution < 1.29 is 0 Å². The Morgan fingerprint density at radius 2 is 2.45 bits per heavy atom. The van der Waals surface area contributed by atoms with Crippen LogP contribution in [0.5, 0.6) is 0 Å².